The van der Waals surface area contributed by atoms with Crippen molar-refractivity contribution in [2.24, 2.45) is 13.0 Å². The highest BCUT2D eigenvalue weighted by Gasteiger charge is 2.15. The summed E-state index contributed by atoms with van der Waals surface area (Å²) in [6.07, 6.45) is 5.67. The Morgan fingerprint density at radius 1 is 1.39 bits per heavy atom. The van der Waals surface area contributed by atoms with Gasteiger partial charge in [-0.3, -0.25) is 9.67 Å². The summed E-state index contributed by atoms with van der Waals surface area (Å²) >= 11 is 0. The molecule has 96 valence electrons. The lowest BCUT2D eigenvalue weighted by Gasteiger charge is -2.05. The molecule has 2 aromatic heterocycles. The third kappa shape index (κ3) is 2.53. The maximum absolute atomic E-state index is 6.11. The number of pyridine rings is 1. The summed E-state index contributed by atoms with van der Waals surface area (Å²) in [6, 6.07) is 3.95. The van der Waals surface area contributed by atoms with Crippen molar-refractivity contribution in [1.82, 2.24) is 14.8 Å². The molecule has 0 atom stereocenters. The van der Waals surface area contributed by atoms with E-state index in [9.17, 15) is 0 Å². The van der Waals surface area contributed by atoms with Crippen molar-refractivity contribution in [2.75, 3.05) is 5.73 Å². The average molecular weight is 244 g/mol. The van der Waals surface area contributed by atoms with Crippen LogP contribution in [0.1, 0.15) is 26.0 Å². The maximum atomic E-state index is 6.11. The van der Waals surface area contributed by atoms with Crippen LogP contribution in [-0.2, 0) is 13.5 Å². The molecule has 0 saturated heterocycles. The van der Waals surface area contributed by atoms with Gasteiger partial charge in [0, 0.05) is 30.6 Å². The van der Waals surface area contributed by atoms with Gasteiger partial charge in [-0.2, -0.15) is 5.10 Å². The van der Waals surface area contributed by atoms with Gasteiger partial charge in [-0.25, -0.2) is 0 Å². The highest BCUT2D eigenvalue weighted by molar-refractivity contribution is 5.76. The minimum Gasteiger partial charge on any atom is -0.383 e. The zero-order valence-electron chi connectivity index (χ0n) is 11.2. The van der Waals surface area contributed by atoms with E-state index in [0.29, 0.717) is 11.7 Å². The highest BCUT2D eigenvalue weighted by atomic mass is 15.3. The summed E-state index contributed by atoms with van der Waals surface area (Å²) in [5.41, 5.74) is 9.26. The minimum absolute atomic E-state index is 0.662. The van der Waals surface area contributed by atoms with Gasteiger partial charge >= 0.3 is 0 Å². The van der Waals surface area contributed by atoms with Crippen LogP contribution in [0.2, 0.25) is 0 Å². The van der Waals surface area contributed by atoms with Crippen LogP contribution in [0.5, 0.6) is 0 Å². The summed E-state index contributed by atoms with van der Waals surface area (Å²) in [5.74, 6) is 1.37. The Labute approximate surface area is 108 Å². The molecular weight excluding hydrogens is 224 g/mol. The van der Waals surface area contributed by atoms with Crippen LogP contribution in [0, 0.1) is 5.92 Å². The standard InChI is InChI=1S/C14H20N4/c1-10(2)6-7-12-13(14(15)18(3)17-12)11-5-4-8-16-9-11/h4-5,8-10H,6-7,15H2,1-3H3. The normalized spacial score (nSPS) is 11.1. The monoisotopic (exact) mass is 244 g/mol. The van der Waals surface area contributed by atoms with E-state index < -0.39 is 0 Å². The first-order chi connectivity index (χ1) is 8.59. The Morgan fingerprint density at radius 3 is 2.78 bits per heavy atom. The molecule has 0 aromatic carbocycles. The van der Waals surface area contributed by atoms with Gasteiger partial charge in [0.1, 0.15) is 5.82 Å². The topological polar surface area (TPSA) is 56.7 Å². The Bertz CT molecular complexity index is 514. The van der Waals surface area contributed by atoms with Gasteiger partial charge in [-0.15, -0.1) is 0 Å². The van der Waals surface area contributed by atoms with Crippen LogP contribution in [0.3, 0.4) is 0 Å². The molecule has 0 aliphatic carbocycles. The number of nitrogens with two attached hydrogens (primary N) is 1. The molecule has 0 fully saturated rings. The van der Waals surface area contributed by atoms with E-state index in [1.807, 2.05) is 25.4 Å². The lowest BCUT2D eigenvalue weighted by atomic mass is 10.0. The van der Waals surface area contributed by atoms with E-state index in [4.69, 9.17) is 5.73 Å². The lowest BCUT2D eigenvalue weighted by Crippen LogP contribution is -1.98. The average Bonchev–Trinajstić information content (AvgIpc) is 2.64. The first-order valence-electron chi connectivity index (χ1n) is 6.31. The fourth-order valence-electron chi connectivity index (χ4n) is 2.02. The molecule has 2 rings (SSSR count). The zero-order valence-corrected chi connectivity index (χ0v) is 11.2. The summed E-state index contributed by atoms with van der Waals surface area (Å²) in [5, 5.41) is 4.52. The molecule has 0 amide bonds. The molecule has 2 aromatic rings. The third-order valence-corrected chi connectivity index (χ3v) is 3.07. The molecule has 0 aliphatic rings. The van der Waals surface area contributed by atoms with Crippen LogP contribution in [0.15, 0.2) is 24.5 Å². The van der Waals surface area contributed by atoms with E-state index in [0.717, 1.165) is 29.7 Å². The number of aryl methyl sites for hydroxylation is 2. The largest absolute Gasteiger partial charge is 0.383 e. The molecule has 4 heteroatoms. The summed E-state index contributed by atoms with van der Waals surface area (Å²) in [4.78, 5) is 4.16. The fraction of sp³-hybridized carbons (Fsp3) is 0.429. The SMILES string of the molecule is CC(C)CCc1nn(C)c(N)c1-c1cccnc1. The molecule has 18 heavy (non-hydrogen) atoms. The number of hydrogen-bond acceptors (Lipinski definition) is 3. The third-order valence-electron chi connectivity index (χ3n) is 3.07. The molecule has 4 nitrogen and oxygen atoms in total. The molecule has 0 unspecified atom stereocenters. The molecular formula is C14H20N4. The van der Waals surface area contributed by atoms with Gasteiger partial charge in [0.05, 0.1) is 5.69 Å². The van der Waals surface area contributed by atoms with Crippen LogP contribution in [-0.4, -0.2) is 14.8 Å². The summed E-state index contributed by atoms with van der Waals surface area (Å²) in [7, 11) is 1.88. The molecule has 2 N–H and O–H groups in total. The van der Waals surface area contributed by atoms with Gasteiger partial charge in [-0.1, -0.05) is 19.9 Å². The first-order valence-corrected chi connectivity index (χ1v) is 6.31. The van der Waals surface area contributed by atoms with Crippen molar-refractivity contribution in [3.63, 3.8) is 0 Å². The van der Waals surface area contributed by atoms with Crippen molar-refractivity contribution >= 4 is 5.82 Å². The number of rotatable bonds is 4. The quantitative estimate of drug-likeness (QED) is 0.899. The fourth-order valence-corrected chi connectivity index (χ4v) is 2.02. The number of hydrogen-bond donors (Lipinski definition) is 1. The highest BCUT2D eigenvalue weighted by Crippen LogP contribution is 2.29. The van der Waals surface area contributed by atoms with E-state index >= 15 is 0 Å². The lowest BCUT2D eigenvalue weighted by molar-refractivity contribution is 0.577. The van der Waals surface area contributed by atoms with Gasteiger partial charge in [-0.05, 0) is 24.8 Å². The zero-order chi connectivity index (χ0) is 13.1. The Kier molecular flexibility index (Phi) is 3.65. The van der Waals surface area contributed by atoms with Crippen LogP contribution < -0.4 is 5.73 Å². The number of aromatic nitrogens is 3. The summed E-state index contributed by atoms with van der Waals surface area (Å²) in [6.45, 7) is 4.44. The van der Waals surface area contributed by atoms with Crippen molar-refractivity contribution in [2.45, 2.75) is 26.7 Å². The van der Waals surface area contributed by atoms with Gasteiger partial charge in [0.2, 0.25) is 0 Å². The molecule has 0 aliphatic heterocycles. The predicted octanol–water partition coefficient (Wildman–Crippen LogP) is 2.65. The number of nitrogen functional groups attached to an aromatic ring is 1. The van der Waals surface area contributed by atoms with E-state index in [-0.39, 0.29) is 0 Å². The second-order valence-corrected chi connectivity index (χ2v) is 5.00. The predicted molar refractivity (Wildman–Crippen MR) is 74.0 cm³/mol. The van der Waals surface area contributed by atoms with E-state index in [2.05, 4.69) is 23.9 Å². The second-order valence-electron chi connectivity index (χ2n) is 5.00. The van der Waals surface area contributed by atoms with Gasteiger partial charge in [0.15, 0.2) is 0 Å². The van der Waals surface area contributed by atoms with Crippen molar-refractivity contribution in [3.8, 4) is 11.1 Å². The van der Waals surface area contributed by atoms with Crippen LogP contribution >= 0.6 is 0 Å². The van der Waals surface area contributed by atoms with E-state index in [1.165, 1.54) is 0 Å². The number of nitrogens with zero attached hydrogens (tertiary/aromatic N) is 3. The number of anilines is 1. The van der Waals surface area contributed by atoms with Crippen molar-refractivity contribution in [1.29, 1.82) is 0 Å². The maximum Gasteiger partial charge on any atom is 0.129 e. The van der Waals surface area contributed by atoms with Crippen molar-refractivity contribution < 1.29 is 0 Å². The minimum atomic E-state index is 0.662. The van der Waals surface area contributed by atoms with Gasteiger partial charge < -0.3 is 5.73 Å². The van der Waals surface area contributed by atoms with Crippen LogP contribution in [0.4, 0.5) is 5.82 Å². The van der Waals surface area contributed by atoms with E-state index in [1.54, 1.807) is 10.9 Å². The molecule has 0 spiro atoms. The Hall–Kier alpha value is -1.84. The first kappa shape index (κ1) is 12.6. The molecule has 2 heterocycles. The second kappa shape index (κ2) is 5.21. The molecule has 0 bridgehead atoms. The van der Waals surface area contributed by atoms with Crippen molar-refractivity contribution in [3.05, 3.63) is 30.2 Å². The summed E-state index contributed by atoms with van der Waals surface area (Å²) < 4.78 is 1.75. The smallest absolute Gasteiger partial charge is 0.129 e. The van der Waals surface area contributed by atoms with Gasteiger partial charge in [0.25, 0.3) is 0 Å². The Balaban J connectivity index is 2.39. The Morgan fingerprint density at radius 2 is 2.17 bits per heavy atom. The molecule has 0 saturated carbocycles. The molecule has 0 radical (unpaired) electrons. The van der Waals surface area contributed by atoms with Crippen LogP contribution in [0.25, 0.3) is 11.1 Å².